The number of amides is 1. The molecular formula is C23H25N3O. The normalized spacial score (nSPS) is 19.7. The number of aryl methyl sites for hydroxylation is 1. The third kappa shape index (κ3) is 3.65. The van der Waals surface area contributed by atoms with Gasteiger partial charge in [0.15, 0.2) is 0 Å². The quantitative estimate of drug-likeness (QED) is 0.704. The monoisotopic (exact) mass is 359 g/mol. The molecule has 0 bridgehead atoms. The summed E-state index contributed by atoms with van der Waals surface area (Å²) in [5.74, 6) is 1.02. The number of nitrogens with zero attached hydrogens (tertiary/aromatic N) is 1. The van der Waals surface area contributed by atoms with Crippen molar-refractivity contribution >= 4 is 22.6 Å². The zero-order valence-electron chi connectivity index (χ0n) is 15.6. The Bertz CT molecular complexity index is 974. The van der Waals surface area contributed by atoms with E-state index in [1.54, 1.807) is 0 Å². The summed E-state index contributed by atoms with van der Waals surface area (Å²) in [5, 5.41) is 4.82. The molecule has 0 unspecified atom stereocenters. The lowest BCUT2D eigenvalue weighted by Crippen LogP contribution is -2.27. The van der Waals surface area contributed by atoms with Crippen LogP contribution < -0.4 is 11.1 Å². The average molecular weight is 359 g/mol. The van der Waals surface area contributed by atoms with Gasteiger partial charge < -0.3 is 11.1 Å². The average Bonchev–Trinajstić information content (AvgIpc) is 2.69. The van der Waals surface area contributed by atoms with Gasteiger partial charge in [0.2, 0.25) is 5.91 Å². The third-order valence-electron chi connectivity index (χ3n) is 5.67. The molecule has 3 N–H and O–H groups in total. The Labute approximate surface area is 159 Å². The molecule has 27 heavy (non-hydrogen) atoms. The Morgan fingerprint density at radius 2 is 1.74 bits per heavy atom. The summed E-state index contributed by atoms with van der Waals surface area (Å²) < 4.78 is 0. The maximum atomic E-state index is 11.7. The Hall–Kier alpha value is -2.88. The predicted octanol–water partition coefficient (Wildman–Crippen LogP) is 4.78. The minimum Gasteiger partial charge on any atom is -0.367 e. The highest BCUT2D eigenvalue weighted by molar-refractivity contribution is 5.94. The van der Waals surface area contributed by atoms with Crippen LogP contribution in [0.15, 0.2) is 54.6 Å². The molecule has 4 rings (SSSR count). The largest absolute Gasteiger partial charge is 0.367 e. The number of nitrogens with two attached hydrogens (primary N) is 1. The van der Waals surface area contributed by atoms with E-state index in [0.29, 0.717) is 17.5 Å². The van der Waals surface area contributed by atoms with Crippen LogP contribution in [0.5, 0.6) is 0 Å². The van der Waals surface area contributed by atoms with Crippen LogP contribution in [0.3, 0.4) is 0 Å². The highest BCUT2D eigenvalue weighted by Crippen LogP contribution is 2.35. The number of carbonyl (C=O) groups excluding carboxylic acids is 1. The molecule has 1 aromatic heterocycles. The maximum absolute atomic E-state index is 11.7. The SMILES string of the molecule is Cc1cc(NC2CCC(c3ccccc3C(N)=O)CC2)nc2ccccc12. The molecule has 1 aliphatic rings. The van der Waals surface area contributed by atoms with Crippen molar-refractivity contribution in [1.82, 2.24) is 4.98 Å². The van der Waals surface area contributed by atoms with E-state index in [1.165, 1.54) is 10.9 Å². The number of rotatable bonds is 4. The number of fused-ring (bicyclic) bond motifs is 1. The van der Waals surface area contributed by atoms with Crippen molar-refractivity contribution in [2.45, 2.75) is 44.6 Å². The second-order valence-electron chi connectivity index (χ2n) is 7.49. The predicted molar refractivity (Wildman–Crippen MR) is 110 cm³/mol. The highest BCUT2D eigenvalue weighted by atomic mass is 16.1. The lowest BCUT2D eigenvalue weighted by molar-refractivity contribution is 0.0998. The van der Waals surface area contributed by atoms with E-state index < -0.39 is 0 Å². The van der Waals surface area contributed by atoms with Crippen molar-refractivity contribution in [3.05, 3.63) is 71.3 Å². The first-order chi connectivity index (χ1) is 13.1. The van der Waals surface area contributed by atoms with Crippen molar-refractivity contribution < 1.29 is 4.79 Å². The molecule has 1 aliphatic carbocycles. The first kappa shape index (κ1) is 17.5. The molecule has 4 heteroatoms. The molecular weight excluding hydrogens is 334 g/mol. The molecule has 1 amide bonds. The van der Waals surface area contributed by atoms with E-state index in [0.717, 1.165) is 42.6 Å². The number of anilines is 1. The second kappa shape index (κ2) is 7.39. The molecule has 2 aromatic carbocycles. The summed E-state index contributed by atoms with van der Waals surface area (Å²) in [6.07, 6.45) is 4.22. The lowest BCUT2D eigenvalue weighted by Gasteiger charge is -2.30. The number of hydrogen-bond acceptors (Lipinski definition) is 3. The smallest absolute Gasteiger partial charge is 0.248 e. The molecule has 0 radical (unpaired) electrons. The highest BCUT2D eigenvalue weighted by Gasteiger charge is 2.25. The van der Waals surface area contributed by atoms with Crippen molar-refractivity contribution in [2.24, 2.45) is 5.73 Å². The van der Waals surface area contributed by atoms with E-state index in [2.05, 4.69) is 36.5 Å². The summed E-state index contributed by atoms with van der Waals surface area (Å²) in [7, 11) is 0. The first-order valence-electron chi connectivity index (χ1n) is 9.63. The van der Waals surface area contributed by atoms with Crippen LogP contribution in [0.2, 0.25) is 0 Å². The van der Waals surface area contributed by atoms with E-state index >= 15 is 0 Å². The van der Waals surface area contributed by atoms with Gasteiger partial charge in [0.05, 0.1) is 5.52 Å². The molecule has 1 heterocycles. The summed E-state index contributed by atoms with van der Waals surface area (Å²) in [4.78, 5) is 16.5. The number of benzene rings is 2. The van der Waals surface area contributed by atoms with Crippen LogP contribution in [-0.2, 0) is 0 Å². The fourth-order valence-electron chi connectivity index (χ4n) is 4.26. The Balaban J connectivity index is 1.45. The van der Waals surface area contributed by atoms with Gasteiger partial charge in [0.25, 0.3) is 0 Å². The van der Waals surface area contributed by atoms with Crippen molar-refractivity contribution in [2.75, 3.05) is 5.32 Å². The zero-order chi connectivity index (χ0) is 18.8. The number of nitrogens with one attached hydrogen (secondary N) is 1. The molecule has 0 spiro atoms. The van der Waals surface area contributed by atoms with Crippen LogP contribution in [-0.4, -0.2) is 16.9 Å². The van der Waals surface area contributed by atoms with Crippen LogP contribution in [0.25, 0.3) is 10.9 Å². The minimum atomic E-state index is -0.332. The first-order valence-corrected chi connectivity index (χ1v) is 9.63. The van der Waals surface area contributed by atoms with Crippen LogP contribution in [0.4, 0.5) is 5.82 Å². The van der Waals surface area contributed by atoms with E-state index in [1.807, 2.05) is 30.3 Å². The van der Waals surface area contributed by atoms with Gasteiger partial charge in [-0.25, -0.2) is 4.98 Å². The van der Waals surface area contributed by atoms with Crippen molar-refractivity contribution in [3.8, 4) is 0 Å². The fraction of sp³-hybridized carbons (Fsp3) is 0.304. The summed E-state index contributed by atoms with van der Waals surface area (Å²) >= 11 is 0. The Morgan fingerprint density at radius 3 is 2.52 bits per heavy atom. The van der Waals surface area contributed by atoms with Crippen LogP contribution in [0, 0.1) is 6.92 Å². The molecule has 0 aliphatic heterocycles. The van der Waals surface area contributed by atoms with Crippen molar-refractivity contribution in [3.63, 3.8) is 0 Å². The van der Waals surface area contributed by atoms with Crippen LogP contribution >= 0.6 is 0 Å². The number of pyridine rings is 1. The Morgan fingerprint density at radius 1 is 1.04 bits per heavy atom. The second-order valence-corrected chi connectivity index (χ2v) is 7.49. The number of aromatic nitrogens is 1. The molecule has 4 nitrogen and oxygen atoms in total. The van der Waals surface area contributed by atoms with E-state index in [4.69, 9.17) is 10.7 Å². The summed E-state index contributed by atoms with van der Waals surface area (Å²) in [6.45, 7) is 2.13. The zero-order valence-corrected chi connectivity index (χ0v) is 15.6. The summed E-state index contributed by atoms with van der Waals surface area (Å²) in [5.41, 5.74) is 9.59. The third-order valence-corrected chi connectivity index (χ3v) is 5.67. The Kier molecular flexibility index (Phi) is 4.80. The van der Waals surface area contributed by atoms with Gasteiger partial charge in [-0.05, 0) is 67.9 Å². The van der Waals surface area contributed by atoms with Gasteiger partial charge in [0, 0.05) is 17.0 Å². The standard InChI is InChI=1S/C23H25N3O/c1-15-14-22(26-21-9-5-4-6-18(15)21)25-17-12-10-16(11-13-17)19-7-2-3-8-20(19)23(24)27/h2-9,14,16-17H,10-13H2,1H3,(H2,24,27)(H,25,26). The van der Waals surface area contributed by atoms with Gasteiger partial charge in [-0.2, -0.15) is 0 Å². The number of carbonyl (C=O) groups is 1. The number of primary amides is 1. The minimum absolute atomic E-state index is 0.332. The topological polar surface area (TPSA) is 68.0 Å². The lowest BCUT2D eigenvalue weighted by atomic mass is 9.80. The molecule has 3 aromatic rings. The number of hydrogen-bond donors (Lipinski definition) is 2. The summed E-state index contributed by atoms with van der Waals surface area (Å²) in [6, 6.07) is 18.6. The van der Waals surface area contributed by atoms with E-state index in [-0.39, 0.29) is 5.91 Å². The van der Waals surface area contributed by atoms with Gasteiger partial charge in [-0.3, -0.25) is 4.79 Å². The van der Waals surface area contributed by atoms with Crippen LogP contribution in [0.1, 0.15) is 53.1 Å². The van der Waals surface area contributed by atoms with Gasteiger partial charge in [0.1, 0.15) is 5.82 Å². The van der Waals surface area contributed by atoms with E-state index in [9.17, 15) is 4.79 Å². The van der Waals surface area contributed by atoms with Gasteiger partial charge in [-0.1, -0.05) is 36.4 Å². The van der Waals surface area contributed by atoms with Gasteiger partial charge in [-0.15, -0.1) is 0 Å². The van der Waals surface area contributed by atoms with Crippen molar-refractivity contribution in [1.29, 1.82) is 0 Å². The van der Waals surface area contributed by atoms with Gasteiger partial charge >= 0.3 is 0 Å². The fourth-order valence-corrected chi connectivity index (χ4v) is 4.26. The molecule has 0 atom stereocenters. The molecule has 138 valence electrons. The molecule has 1 saturated carbocycles. The maximum Gasteiger partial charge on any atom is 0.248 e. The molecule has 0 saturated heterocycles. The molecule has 1 fully saturated rings. The number of para-hydroxylation sites is 1.